The fourth-order valence-corrected chi connectivity index (χ4v) is 2.91. The molecule has 0 bridgehead atoms. The van der Waals surface area contributed by atoms with Crippen molar-refractivity contribution in [2.75, 3.05) is 6.54 Å². The minimum atomic E-state index is 0.547. The van der Waals surface area contributed by atoms with Crippen LogP contribution in [0.25, 0.3) is 12.2 Å². The van der Waals surface area contributed by atoms with Gasteiger partial charge in [-0.25, -0.2) is 4.99 Å². The summed E-state index contributed by atoms with van der Waals surface area (Å²) in [6, 6.07) is 2.09. The van der Waals surface area contributed by atoms with Crippen molar-refractivity contribution in [2.24, 2.45) is 9.98 Å². The summed E-state index contributed by atoms with van der Waals surface area (Å²) >= 11 is 0. The first-order valence-electron chi connectivity index (χ1n) is 9.09. The molecule has 0 N–H and O–H groups in total. The molecule has 0 aromatic carbocycles. The molecule has 0 saturated heterocycles. The van der Waals surface area contributed by atoms with Gasteiger partial charge in [-0.3, -0.25) is 4.99 Å². The summed E-state index contributed by atoms with van der Waals surface area (Å²) in [7, 11) is 0. The number of nitrogens with zero attached hydrogens (tertiary/aromatic N) is 3. The van der Waals surface area contributed by atoms with E-state index in [1.807, 2.05) is 48.6 Å². The second kappa shape index (κ2) is 10.0. The van der Waals surface area contributed by atoms with Crippen molar-refractivity contribution >= 4 is 23.6 Å². The van der Waals surface area contributed by atoms with E-state index in [1.165, 1.54) is 0 Å². The summed E-state index contributed by atoms with van der Waals surface area (Å²) in [5.41, 5.74) is 6.10. The molecule has 0 radical (unpaired) electrons. The molecule has 2 heterocycles. The van der Waals surface area contributed by atoms with Crippen LogP contribution in [-0.4, -0.2) is 22.5 Å². The summed E-state index contributed by atoms with van der Waals surface area (Å²) in [6.45, 7) is 23.0. The molecule has 1 aromatic heterocycles. The van der Waals surface area contributed by atoms with Gasteiger partial charge in [-0.15, -0.1) is 0 Å². The predicted molar refractivity (Wildman–Crippen MR) is 125 cm³/mol. The standard InChI is InChI=1S/C25H27N3/c1-7-10-14-19(4)25-23(26-16-13-11-12-15-20(5)27-25)18-28-21(6)17-22(8-2)24(28)9-3/h7-15,17H,1-5,16,18H2,6H3/b13-11-,14-10-,15-12-,26-23?,27-25?. The lowest BCUT2D eigenvalue weighted by Gasteiger charge is -2.16. The van der Waals surface area contributed by atoms with E-state index >= 15 is 0 Å². The van der Waals surface area contributed by atoms with Gasteiger partial charge >= 0.3 is 0 Å². The molecular weight excluding hydrogens is 342 g/mol. The maximum absolute atomic E-state index is 4.80. The third-order valence-electron chi connectivity index (χ3n) is 4.29. The van der Waals surface area contributed by atoms with Crippen molar-refractivity contribution < 1.29 is 0 Å². The van der Waals surface area contributed by atoms with Crippen LogP contribution in [0.1, 0.15) is 17.0 Å². The Labute approximate surface area is 168 Å². The SMILES string of the molecule is C=C/C=C\C(=C)C1=NC(=C)/C=C\C=C/CN=C1Cn1c(C)cc(C=C)c1C=C. The first-order chi connectivity index (χ1) is 13.5. The Hall–Kier alpha value is -3.46. The van der Waals surface area contributed by atoms with E-state index in [0.29, 0.717) is 24.5 Å². The molecule has 0 saturated carbocycles. The van der Waals surface area contributed by atoms with Crippen LogP contribution in [0.5, 0.6) is 0 Å². The molecule has 3 heteroatoms. The average Bonchev–Trinajstić information content (AvgIpc) is 3.00. The van der Waals surface area contributed by atoms with Crippen LogP contribution in [0.4, 0.5) is 0 Å². The fraction of sp³-hybridized carbons (Fsp3) is 0.120. The molecule has 3 nitrogen and oxygen atoms in total. The van der Waals surface area contributed by atoms with E-state index in [1.54, 1.807) is 6.08 Å². The van der Waals surface area contributed by atoms with Crippen molar-refractivity contribution in [1.29, 1.82) is 0 Å². The van der Waals surface area contributed by atoms with Crippen molar-refractivity contribution in [3.05, 3.63) is 110 Å². The van der Waals surface area contributed by atoms with Gasteiger partial charge in [0.1, 0.15) is 0 Å². The third kappa shape index (κ3) is 5.04. The summed E-state index contributed by atoms with van der Waals surface area (Å²) < 4.78 is 2.16. The van der Waals surface area contributed by atoms with Crippen LogP contribution in [0.15, 0.2) is 103 Å². The zero-order valence-corrected chi connectivity index (χ0v) is 16.6. The number of rotatable bonds is 7. The zero-order chi connectivity index (χ0) is 20.5. The van der Waals surface area contributed by atoms with Gasteiger partial charge in [0.25, 0.3) is 0 Å². The molecule has 0 aliphatic carbocycles. The van der Waals surface area contributed by atoms with Gasteiger partial charge < -0.3 is 4.57 Å². The van der Waals surface area contributed by atoms with Gasteiger partial charge in [0.15, 0.2) is 0 Å². The van der Waals surface area contributed by atoms with E-state index in [9.17, 15) is 0 Å². The number of allylic oxidation sites excluding steroid dienone is 7. The Balaban J connectivity index is 2.58. The van der Waals surface area contributed by atoms with Crippen molar-refractivity contribution in [3.8, 4) is 0 Å². The Kier molecular flexibility index (Phi) is 7.46. The maximum Gasteiger partial charge on any atom is 0.0932 e. The molecule has 0 fully saturated rings. The summed E-state index contributed by atoms with van der Waals surface area (Å²) in [6.07, 6.45) is 16.8. The Morgan fingerprint density at radius 3 is 2.68 bits per heavy atom. The van der Waals surface area contributed by atoms with Crippen LogP contribution in [-0.2, 0) is 6.54 Å². The van der Waals surface area contributed by atoms with Crippen molar-refractivity contribution in [2.45, 2.75) is 13.5 Å². The van der Waals surface area contributed by atoms with E-state index in [4.69, 9.17) is 9.98 Å². The molecular formula is C25H27N3. The van der Waals surface area contributed by atoms with E-state index in [-0.39, 0.29) is 0 Å². The largest absolute Gasteiger partial charge is 0.339 e. The number of aromatic nitrogens is 1. The van der Waals surface area contributed by atoms with Gasteiger partial charge in [0.2, 0.25) is 0 Å². The van der Waals surface area contributed by atoms with Crippen molar-refractivity contribution in [3.63, 3.8) is 0 Å². The van der Waals surface area contributed by atoms with Crippen LogP contribution in [0.2, 0.25) is 0 Å². The second-order valence-electron chi connectivity index (χ2n) is 6.27. The quantitative estimate of drug-likeness (QED) is 0.535. The molecule has 0 spiro atoms. The lowest BCUT2D eigenvalue weighted by molar-refractivity contribution is 0.817. The summed E-state index contributed by atoms with van der Waals surface area (Å²) in [5, 5.41) is 0. The highest BCUT2D eigenvalue weighted by Crippen LogP contribution is 2.20. The first kappa shape index (κ1) is 20.8. The third-order valence-corrected chi connectivity index (χ3v) is 4.29. The average molecular weight is 370 g/mol. The summed E-state index contributed by atoms with van der Waals surface area (Å²) in [4.78, 5) is 9.51. The lowest BCUT2D eigenvalue weighted by atomic mass is 10.1. The van der Waals surface area contributed by atoms with E-state index in [0.717, 1.165) is 28.2 Å². The number of hydrogen-bond acceptors (Lipinski definition) is 2. The highest BCUT2D eigenvalue weighted by molar-refractivity contribution is 6.49. The van der Waals surface area contributed by atoms with Crippen LogP contribution in [0.3, 0.4) is 0 Å². The Morgan fingerprint density at radius 2 is 2.00 bits per heavy atom. The van der Waals surface area contributed by atoms with Gasteiger partial charge in [-0.05, 0) is 36.3 Å². The van der Waals surface area contributed by atoms with Gasteiger partial charge in [-0.2, -0.15) is 0 Å². The Bertz CT molecular complexity index is 956. The monoisotopic (exact) mass is 369 g/mol. The lowest BCUT2D eigenvalue weighted by Crippen LogP contribution is -2.24. The van der Waals surface area contributed by atoms with Gasteiger partial charge in [0, 0.05) is 11.4 Å². The van der Waals surface area contributed by atoms with Crippen LogP contribution >= 0.6 is 0 Å². The minimum absolute atomic E-state index is 0.547. The number of aliphatic imine (C=N–C) groups is 2. The molecule has 0 atom stereocenters. The smallest absolute Gasteiger partial charge is 0.0932 e. The van der Waals surface area contributed by atoms with Crippen LogP contribution < -0.4 is 0 Å². The second-order valence-corrected chi connectivity index (χ2v) is 6.27. The molecule has 142 valence electrons. The normalized spacial score (nSPS) is 16.8. The Morgan fingerprint density at radius 1 is 1.21 bits per heavy atom. The summed E-state index contributed by atoms with van der Waals surface area (Å²) in [5.74, 6) is 0. The zero-order valence-electron chi connectivity index (χ0n) is 16.6. The maximum atomic E-state index is 4.80. The molecule has 0 amide bonds. The first-order valence-corrected chi connectivity index (χ1v) is 9.09. The van der Waals surface area contributed by atoms with Gasteiger partial charge in [0.05, 0.1) is 30.2 Å². The number of aryl methyl sites for hydroxylation is 1. The molecule has 1 aliphatic rings. The topological polar surface area (TPSA) is 29.6 Å². The molecule has 0 unspecified atom stereocenters. The molecule has 1 aliphatic heterocycles. The highest BCUT2D eigenvalue weighted by atomic mass is 15.0. The van der Waals surface area contributed by atoms with E-state index < -0.39 is 0 Å². The van der Waals surface area contributed by atoms with Gasteiger partial charge in [-0.1, -0.05) is 75.4 Å². The predicted octanol–water partition coefficient (Wildman–Crippen LogP) is 5.90. The highest BCUT2D eigenvalue weighted by Gasteiger charge is 2.16. The van der Waals surface area contributed by atoms with Crippen LogP contribution in [0, 0.1) is 6.92 Å². The molecule has 28 heavy (non-hydrogen) atoms. The van der Waals surface area contributed by atoms with Crippen molar-refractivity contribution in [1.82, 2.24) is 4.57 Å². The van der Waals surface area contributed by atoms with E-state index in [2.05, 4.69) is 50.5 Å². The fourth-order valence-electron chi connectivity index (χ4n) is 2.91. The minimum Gasteiger partial charge on any atom is -0.339 e. The molecule has 2 rings (SSSR count). The molecule has 1 aromatic rings. The number of hydrogen-bond donors (Lipinski definition) is 0.